The van der Waals surface area contributed by atoms with Crippen molar-refractivity contribution in [2.45, 2.75) is 44.8 Å². The molecule has 1 amide bonds. The van der Waals surface area contributed by atoms with E-state index in [9.17, 15) is 4.79 Å². The fraction of sp³-hybridized carbons (Fsp3) is 0.500. The summed E-state index contributed by atoms with van der Waals surface area (Å²) in [6, 6.07) is 8.44. The topological polar surface area (TPSA) is 38.3 Å². The van der Waals surface area contributed by atoms with Gasteiger partial charge >= 0.3 is 6.09 Å². The van der Waals surface area contributed by atoms with Crippen molar-refractivity contribution < 1.29 is 9.53 Å². The second kappa shape index (κ2) is 4.92. The summed E-state index contributed by atoms with van der Waals surface area (Å²) >= 11 is 3.41. The third kappa shape index (κ3) is 3.73. The van der Waals surface area contributed by atoms with Gasteiger partial charge in [-0.3, -0.25) is 0 Å². The van der Waals surface area contributed by atoms with Crippen LogP contribution in [0.4, 0.5) is 4.79 Å². The van der Waals surface area contributed by atoms with E-state index in [1.165, 1.54) is 5.56 Å². The maximum absolute atomic E-state index is 11.6. The second-order valence-corrected chi connectivity index (χ2v) is 6.56. The first-order valence-corrected chi connectivity index (χ1v) is 6.89. The Balaban J connectivity index is 1.85. The molecule has 1 saturated carbocycles. The molecule has 1 aromatic carbocycles. The standard InChI is InChI=1S/C14H18BrNO2/c1-14(2,3)18-13(17)16-12-8-11(12)9-4-6-10(15)7-5-9/h4-7,11-12H,8H2,1-3H3,(H,16,17)/t11-,12-/m1/s1. The molecule has 0 heterocycles. The molecule has 1 aliphatic rings. The zero-order valence-corrected chi connectivity index (χ0v) is 12.5. The van der Waals surface area contributed by atoms with Crippen molar-refractivity contribution in [2.75, 3.05) is 0 Å². The molecule has 3 nitrogen and oxygen atoms in total. The molecule has 0 spiro atoms. The lowest BCUT2D eigenvalue weighted by Crippen LogP contribution is -2.34. The van der Waals surface area contributed by atoms with Crippen LogP contribution in [0, 0.1) is 0 Å². The van der Waals surface area contributed by atoms with Crippen molar-refractivity contribution in [2.24, 2.45) is 0 Å². The van der Waals surface area contributed by atoms with E-state index in [0.717, 1.165) is 10.9 Å². The van der Waals surface area contributed by atoms with Gasteiger partial charge in [0.15, 0.2) is 0 Å². The highest BCUT2D eigenvalue weighted by Crippen LogP contribution is 2.41. The Hall–Kier alpha value is -1.03. The molecule has 1 aromatic rings. The number of hydrogen-bond acceptors (Lipinski definition) is 2. The summed E-state index contributed by atoms with van der Waals surface area (Å²) in [6.45, 7) is 5.60. The fourth-order valence-electron chi connectivity index (χ4n) is 1.89. The van der Waals surface area contributed by atoms with Gasteiger partial charge in [0.1, 0.15) is 5.60 Å². The number of alkyl carbamates (subject to hydrolysis) is 1. The van der Waals surface area contributed by atoms with E-state index >= 15 is 0 Å². The van der Waals surface area contributed by atoms with E-state index in [1.807, 2.05) is 32.9 Å². The summed E-state index contributed by atoms with van der Waals surface area (Å²) in [4.78, 5) is 11.6. The van der Waals surface area contributed by atoms with Crippen molar-refractivity contribution in [1.82, 2.24) is 5.32 Å². The smallest absolute Gasteiger partial charge is 0.407 e. The van der Waals surface area contributed by atoms with E-state index in [0.29, 0.717) is 5.92 Å². The summed E-state index contributed by atoms with van der Waals surface area (Å²) in [5, 5.41) is 2.90. The Bertz CT molecular complexity index is 436. The first-order chi connectivity index (χ1) is 8.35. The third-order valence-corrected chi connectivity index (χ3v) is 3.32. The van der Waals surface area contributed by atoms with Crippen LogP contribution in [-0.2, 0) is 4.74 Å². The summed E-state index contributed by atoms with van der Waals surface area (Å²) in [5.41, 5.74) is 0.825. The summed E-state index contributed by atoms with van der Waals surface area (Å²) in [7, 11) is 0. The molecular formula is C14H18BrNO2. The lowest BCUT2D eigenvalue weighted by atomic mass is 10.1. The van der Waals surface area contributed by atoms with Crippen LogP contribution in [-0.4, -0.2) is 17.7 Å². The molecule has 0 aliphatic heterocycles. The molecule has 0 radical (unpaired) electrons. The Morgan fingerprint density at radius 3 is 2.50 bits per heavy atom. The van der Waals surface area contributed by atoms with Crippen LogP contribution in [0.25, 0.3) is 0 Å². The molecule has 4 heteroatoms. The minimum atomic E-state index is -0.438. The minimum absolute atomic E-state index is 0.209. The Labute approximate surface area is 116 Å². The number of rotatable bonds is 2. The van der Waals surface area contributed by atoms with E-state index in [1.54, 1.807) is 0 Å². The van der Waals surface area contributed by atoms with Crippen LogP contribution in [0.3, 0.4) is 0 Å². The van der Waals surface area contributed by atoms with Crippen LogP contribution in [0.5, 0.6) is 0 Å². The molecule has 2 rings (SSSR count). The van der Waals surface area contributed by atoms with Gasteiger partial charge in [-0.15, -0.1) is 0 Å². The van der Waals surface area contributed by atoms with Gasteiger partial charge in [-0.05, 0) is 44.9 Å². The van der Waals surface area contributed by atoms with Gasteiger partial charge in [0, 0.05) is 16.4 Å². The SMILES string of the molecule is CC(C)(C)OC(=O)N[C@@H]1C[C@@H]1c1ccc(Br)cc1. The predicted molar refractivity (Wildman–Crippen MR) is 74.7 cm³/mol. The average Bonchev–Trinajstić information content (AvgIpc) is 2.95. The average molecular weight is 312 g/mol. The number of hydrogen-bond donors (Lipinski definition) is 1. The number of amides is 1. The van der Waals surface area contributed by atoms with Crippen molar-refractivity contribution in [1.29, 1.82) is 0 Å². The highest BCUT2D eigenvalue weighted by molar-refractivity contribution is 9.10. The molecule has 0 unspecified atom stereocenters. The number of carbonyl (C=O) groups excluding carboxylic acids is 1. The molecule has 1 aliphatic carbocycles. The maximum atomic E-state index is 11.6. The normalized spacial score (nSPS) is 22.4. The monoisotopic (exact) mass is 311 g/mol. The van der Waals surface area contributed by atoms with Gasteiger partial charge in [-0.2, -0.15) is 0 Å². The van der Waals surface area contributed by atoms with Gasteiger partial charge in [0.25, 0.3) is 0 Å². The third-order valence-electron chi connectivity index (χ3n) is 2.79. The first kappa shape index (κ1) is 13.4. The molecule has 18 heavy (non-hydrogen) atoms. The molecule has 0 bridgehead atoms. The minimum Gasteiger partial charge on any atom is -0.444 e. The van der Waals surface area contributed by atoms with Gasteiger partial charge in [0.05, 0.1) is 0 Å². The molecule has 2 atom stereocenters. The molecule has 0 saturated heterocycles. The van der Waals surface area contributed by atoms with Gasteiger partial charge < -0.3 is 10.1 Å². The summed E-state index contributed by atoms with van der Waals surface area (Å²) in [6.07, 6.45) is 0.660. The summed E-state index contributed by atoms with van der Waals surface area (Å²) in [5.74, 6) is 0.422. The maximum Gasteiger partial charge on any atom is 0.407 e. The lowest BCUT2D eigenvalue weighted by Gasteiger charge is -2.19. The van der Waals surface area contributed by atoms with Gasteiger partial charge in [0.2, 0.25) is 0 Å². The molecule has 1 fully saturated rings. The van der Waals surface area contributed by atoms with Crippen LogP contribution < -0.4 is 5.32 Å². The quantitative estimate of drug-likeness (QED) is 0.901. The molecule has 1 N–H and O–H groups in total. The molecule has 0 aromatic heterocycles. The first-order valence-electron chi connectivity index (χ1n) is 6.10. The zero-order valence-electron chi connectivity index (χ0n) is 10.9. The molecular weight excluding hydrogens is 294 g/mol. The largest absolute Gasteiger partial charge is 0.444 e. The van der Waals surface area contributed by atoms with Crippen LogP contribution >= 0.6 is 15.9 Å². The van der Waals surface area contributed by atoms with Crippen molar-refractivity contribution in [3.63, 3.8) is 0 Å². The zero-order chi connectivity index (χ0) is 13.3. The van der Waals surface area contributed by atoms with E-state index in [4.69, 9.17) is 4.74 Å². The predicted octanol–water partition coefficient (Wildman–Crippen LogP) is 3.83. The van der Waals surface area contributed by atoms with Crippen molar-refractivity contribution in [3.05, 3.63) is 34.3 Å². The number of carbonyl (C=O) groups is 1. The highest BCUT2D eigenvalue weighted by Gasteiger charge is 2.40. The number of ether oxygens (including phenoxy) is 1. The number of benzene rings is 1. The van der Waals surface area contributed by atoms with E-state index < -0.39 is 5.60 Å². The van der Waals surface area contributed by atoms with Crippen LogP contribution in [0.15, 0.2) is 28.7 Å². The number of halogens is 1. The van der Waals surface area contributed by atoms with E-state index in [2.05, 4.69) is 33.4 Å². The Morgan fingerprint density at radius 1 is 1.33 bits per heavy atom. The van der Waals surface area contributed by atoms with Crippen LogP contribution in [0.1, 0.15) is 38.7 Å². The van der Waals surface area contributed by atoms with Crippen molar-refractivity contribution in [3.8, 4) is 0 Å². The van der Waals surface area contributed by atoms with Crippen molar-refractivity contribution >= 4 is 22.0 Å². The fourth-order valence-corrected chi connectivity index (χ4v) is 2.16. The van der Waals surface area contributed by atoms with E-state index in [-0.39, 0.29) is 12.1 Å². The highest BCUT2D eigenvalue weighted by atomic mass is 79.9. The van der Waals surface area contributed by atoms with Crippen LogP contribution in [0.2, 0.25) is 0 Å². The van der Waals surface area contributed by atoms with Gasteiger partial charge in [-0.25, -0.2) is 4.79 Å². The van der Waals surface area contributed by atoms with Gasteiger partial charge in [-0.1, -0.05) is 28.1 Å². The Kier molecular flexibility index (Phi) is 3.66. The lowest BCUT2D eigenvalue weighted by molar-refractivity contribution is 0.0523. The number of nitrogens with one attached hydrogen (secondary N) is 1. The molecule has 98 valence electrons. The Morgan fingerprint density at radius 2 is 1.94 bits per heavy atom. The summed E-state index contributed by atoms with van der Waals surface area (Å²) < 4.78 is 6.31. The second-order valence-electron chi connectivity index (χ2n) is 5.65.